The SMILES string of the molecule is CCOc1ccc(N2C[C@@H](c3nc(-c4ccc(Br)cc4)no3)CC2=O)cc1. The van der Waals surface area contributed by atoms with Crippen molar-refractivity contribution in [1.29, 1.82) is 0 Å². The summed E-state index contributed by atoms with van der Waals surface area (Å²) in [6, 6.07) is 15.2. The number of hydrogen-bond acceptors (Lipinski definition) is 5. The van der Waals surface area contributed by atoms with E-state index in [0.29, 0.717) is 31.3 Å². The molecule has 27 heavy (non-hydrogen) atoms. The van der Waals surface area contributed by atoms with Crippen LogP contribution in [0.4, 0.5) is 5.69 Å². The molecule has 6 nitrogen and oxygen atoms in total. The Morgan fingerprint density at radius 3 is 2.63 bits per heavy atom. The Hall–Kier alpha value is -2.67. The van der Waals surface area contributed by atoms with Crippen LogP contribution in [-0.2, 0) is 4.79 Å². The van der Waals surface area contributed by atoms with Crippen LogP contribution in [0.5, 0.6) is 5.75 Å². The quantitative estimate of drug-likeness (QED) is 0.602. The highest BCUT2D eigenvalue weighted by Crippen LogP contribution is 2.32. The lowest BCUT2D eigenvalue weighted by molar-refractivity contribution is -0.117. The maximum absolute atomic E-state index is 12.5. The van der Waals surface area contributed by atoms with Crippen molar-refractivity contribution in [2.75, 3.05) is 18.1 Å². The largest absolute Gasteiger partial charge is 0.494 e. The Bertz CT molecular complexity index is 938. The highest BCUT2D eigenvalue weighted by Gasteiger charge is 2.35. The normalized spacial score (nSPS) is 16.7. The van der Waals surface area contributed by atoms with E-state index in [2.05, 4.69) is 26.1 Å². The highest BCUT2D eigenvalue weighted by atomic mass is 79.9. The van der Waals surface area contributed by atoms with E-state index in [1.165, 1.54) is 0 Å². The zero-order valence-corrected chi connectivity index (χ0v) is 16.3. The van der Waals surface area contributed by atoms with Gasteiger partial charge in [-0.2, -0.15) is 4.98 Å². The second kappa shape index (κ2) is 7.52. The molecule has 1 aliphatic heterocycles. The molecule has 2 heterocycles. The molecule has 2 aromatic carbocycles. The molecule has 0 spiro atoms. The fourth-order valence-corrected chi connectivity index (χ4v) is 3.39. The van der Waals surface area contributed by atoms with E-state index in [-0.39, 0.29) is 11.8 Å². The van der Waals surface area contributed by atoms with Crippen LogP contribution in [0.15, 0.2) is 57.5 Å². The molecule has 1 aromatic heterocycles. The summed E-state index contributed by atoms with van der Waals surface area (Å²) in [7, 11) is 0. The number of benzene rings is 2. The van der Waals surface area contributed by atoms with Crippen LogP contribution in [0.1, 0.15) is 25.2 Å². The summed E-state index contributed by atoms with van der Waals surface area (Å²) in [4.78, 5) is 18.7. The average molecular weight is 428 g/mol. The van der Waals surface area contributed by atoms with Gasteiger partial charge in [0.15, 0.2) is 0 Å². The van der Waals surface area contributed by atoms with Crippen LogP contribution < -0.4 is 9.64 Å². The van der Waals surface area contributed by atoms with Crippen molar-refractivity contribution in [3.8, 4) is 17.1 Å². The number of aromatic nitrogens is 2. The minimum Gasteiger partial charge on any atom is -0.494 e. The van der Waals surface area contributed by atoms with E-state index in [0.717, 1.165) is 21.5 Å². The molecule has 3 aromatic rings. The number of carbonyl (C=O) groups is 1. The fraction of sp³-hybridized carbons (Fsp3) is 0.250. The minimum atomic E-state index is -0.110. The third kappa shape index (κ3) is 3.73. The van der Waals surface area contributed by atoms with Gasteiger partial charge in [-0.3, -0.25) is 4.79 Å². The van der Waals surface area contributed by atoms with Crippen molar-refractivity contribution in [2.24, 2.45) is 0 Å². The Morgan fingerprint density at radius 2 is 1.93 bits per heavy atom. The van der Waals surface area contributed by atoms with Crippen molar-refractivity contribution in [1.82, 2.24) is 10.1 Å². The molecule has 4 rings (SSSR count). The van der Waals surface area contributed by atoms with Gasteiger partial charge in [0.1, 0.15) is 5.75 Å². The van der Waals surface area contributed by atoms with Crippen LogP contribution in [0.2, 0.25) is 0 Å². The molecule has 1 fully saturated rings. The number of hydrogen-bond donors (Lipinski definition) is 0. The maximum atomic E-state index is 12.5. The van der Waals surface area contributed by atoms with Gasteiger partial charge in [0.05, 0.1) is 12.5 Å². The minimum absolute atomic E-state index is 0.0487. The first kappa shape index (κ1) is 17.7. The molecule has 0 bridgehead atoms. The number of amides is 1. The molecule has 0 aliphatic carbocycles. The third-order valence-electron chi connectivity index (χ3n) is 4.48. The monoisotopic (exact) mass is 427 g/mol. The fourth-order valence-electron chi connectivity index (χ4n) is 3.13. The average Bonchev–Trinajstić information content (AvgIpc) is 3.30. The van der Waals surface area contributed by atoms with Gasteiger partial charge in [-0.15, -0.1) is 0 Å². The molecule has 7 heteroatoms. The van der Waals surface area contributed by atoms with Crippen LogP contribution in [0, 0.1) is 0 Å². The van der Waals surface area contributed by atoms with Crippen molar-refractivity contribution in [3.63, 3.8) is 0 Å². The van der Waals surface area contributed by atoms with Crippen molar-refractivity contribution in [3.05, 3.63) is 58.9 Å². The number of ether oxygens (including phenoxy) is 1. The van der Waals surface area contributed by atoms with Crippen LogP contribution in [0.3, 0.4) is 0 Å². The summed E-state index contributed by atoms with van der Waals surface area (Å²) >= 11 is 3.41. The molecule has 0 saturated carbocycles. The molecule has 138 valence electrons. The first-order valence-electron chi connectivity index (χ1n) is 8.77. The van der Waals surface area contributed by atoms with Crippen LogP contribution in [-0.4, -0.2) is 29.2 Å². The van der Waals surface area contributed by atoms with E-state index in [1.807, 2.05) is 55.5 Å². The van der Waals surface area contributed by atoms with Gasteiger partial charge in [0, 0.05) is 28.7 Å². The Kier molecular flexibility index (Phi) is 4.94. The summed E-state index contributed by atoms with van der Waals surface area (Å²) in [5.41, 5.74) is 1.72. The predicted octanol–water partition coefficient (Wildman–Crippen LogP) is 4.42. The standard InChI is InChI=1S/C20H18BrN3O3/c1-2-26-17-9-7-16(8-10-17)24-12-14(11-18(24)25)20-22-19(23-27-20)13-3-5-15(21)6-4-13/h3-10,14H,2,11-12H2,1H3/t14-/m0/s1. The molecule has 0 radical (unpaired) electrons. The zero-order valence-electron chi connectivity index (χ0n) is 14.8. The van der Waals surface area contributed by atoms with E-state index >= 15 is 0 Å². The molecule has 1 aliphatic rings. The van der Waals surface area contributed by atoms with Crippen molar-refractivity contribution in [2.45, 2.75) is 19.3 Å². The zero-order chi connectivity index (χ0) is 18.8. The van der Waals surface area contributed by atoms with Gasteiger partial charge in [-0.1, -0.05) is 21.1 Å². The van der Waals surface area contributed by atoms with Crippen LogP contribution >= 0.6 is 15.9 Å². The Labute approximate surface area is 165 Å². The molecular weight excluding hydrogens is 410 g/mol. The first-order valence-corrected chi connectivity index (χ1v) is 9.56. The summed E-state index contributed by atoms with van der Waals surface area (Å²) < 4.78 is 11.9. The van der Waals surface area contributed by atoms with E-state index < -0.39 is 0 Å². The van der Waals surface area contributed by atoms with Gasteiger partial charge >= 0.3 is 0 Å². The van der Waals surface area contributed by atoms with E-state index in [9.17, 15) is 4.79 Å². The second-order valence-electron chi connectivity index (χ2n) is 6.30. The molecule has 0 N–H and O–H groups in total. The Morgan fingerprint density at radius 1 is 1.19 bits per heavy atom. The molecule has 0 unspecified atom stereocenters. The number of halogens is 1. The van der Waals surface area contributed by atoms with E-state index in [1.54, 1.807) is 4.90 Å². The molecule has 1 amide bonds. The van der Waals surface area contributed by atoms with E-state index in [4.69, 9.17) is 9.26 Å². The van der Waals surface area contributed by atoms with Gasteiger partial charge in [0.25, 0.3) is 0 Å². The van der Waals surface area contributed by atoms with Gasteiger partial charge in [-0.25, -0.2) is 0 Å². The molecule has 1 atom stereocenters. The lowest BCUT2D eigenvalue weighted by Gasteiger charge is -2.16. The maximum Gasteiger partial charge on any atom is 0.232 e. The lowest BCUT2D eigenvalue weighted by atomic mass is 10.1. The van der Waals surface area contributed by atoms with Crippen molar-refractivity contribution < 1.29 is 14.1 Å². The van der Waals surface area contributed by atoms with Gasteiger partial charge in [0.2, 0.25) is 17.6 Å². The summed E-state index contributed by atoms with van der Waals surface area (Å²) in [5.74, 6) is 1.76. The van der Waals surface area contributed by atoms with Crippen LogP contribution in [0.25, 0.3) is 11.4 Å². The van der Waals surface area contributed by atoms with Gasteiger partial charge in [-0.05, 0) is 55.5 Å². The number of nitrogens with zero attached hydrogens (tertiary/aromatic N) is 3. The molecular formula is C20H18BrN3O3. The third-order valence-corrected chi connectivity index (χ3v) is 5.01. The summed E-state index contributed by atoms with van der Waals surface area (Å²) in [6.45, 7) is 3.08. The highest BCUT2D eigenvalue weighted by molar-refractivity contribution is 9.10. The van der Waals surface area contributed by atoms with Gasteiger partial charge < -0.3 is 14.2 Å². The smallest absolute Gasteiger partial charge is 0.232 e. The topological polar surface area (TPSA) is 68.5 Å². The number of rotatable bonds is 5. The molecule has 1 saturated heterocycles. The summed E-state index contributed by atoms with van der Waals surface area (Å²) in [6.07, 6.45) is 0.356. The first-order chi connectivity index (χ1) is 13.1. The van der Waals surface area contributed by atoms with Crippen molar-refractivity contribution >= 4 is 27.5 Å². The lowest BCUT2D eigenvalue weighted by Crippen LogP contribution is -2.24. The second-order valence-corrected chi connectivity index (χ2v) is 7.21. The number of anilines is 1. The number of carbonyl (C=O) groups excluding carboxylic acids is 1. The summed E-state index contributed by atoms with van der Waals surface area (Å²) in [5, 5.41) is 4.07. The Balaban J connectivity index is 1.50. The predicted molar refractivity (Wildman–Crippen MR) is 105 cm³/mol.